The van der Waals surface area contributed by atoms with Gasteiger partial charge in [-0.15, -0.1) is 0 Å². The van der Waals surface area contributed by atoms with E-state index in [2.05, 4.69) is 16.9 Å². The Bertz CT molecular complexity index is 875. The Balaban J connectivity index is 2.01. The van der Waals surface area contributed by atoms with Gasteiger partial charge in [0.1, 0.15) is 0 Å². The van der Waals surface area contributed by atoms with Gasteiger partial charge in [-0.25, -0.2) is 0 Å². The smallest absolute Gasteiger partial charge is 0.358 e. The molecule has 3 aromatic rings. The van der Waals surface area contributed by atoms with Gasteiger partial charge in [0, 0.05) is 27.9 Å². The molecular weight excluding hydrogens is 301 g/mol. The van der Waals surface area contributed by atoms with Gasteiger partial charge >= 0.3 is 6.18 Å². The molecular formula is C18H15F3N2. The average Bonchev–Trinajstić information content (AvgIpc) is 2.82. The second kappa shape index (κ2) is 5.50. The zero-order valence-corrected chi connectivity index (χ0v) is 12.5. The summed E-state index contributed by atoms with van der Waals surface area (Å²) < 4.78 is 39.3. The predicted molar refractivity (Wildman–Crippen MR) is 87.1 cm³/mol. The number of nitrogens with one attached hydrogen (secondary N) is 2. The number of halogens is 3. The van der Waals surface area contributed by atoms with Crippen LogP contribution in [-0.4, -0.2) is 4.98 Å². The molecule has 0 saturated heterocycles. The minimum absolute atomic E-state index is 0.00492. The van der Waals surface area contributed by atoms with E-state index in [9.17, 15) is 13.2 Å². The van der Waals surface area contributed by atoms with E-state index in [0.29, 0.717) is 5.70 Å². The van der Waals surface area contributed by atoms with Crippen LogP contribution in [0.1, 0.15) is 16.8 Å². The Hall–Kier alpha value is -2.69. The average molecular weight is 316 g/mol. The van der Waals surface area contributed by atoms with E-state index >= 15 is 0 Å². The van der Waals surface area contributed by atoms with Crippen LogP contribution >= 0.6 is 0 Å². The van der Waals surface area contributed by atoms with Gasteiger partial charge in [-0.3, -0.25) is 0 Å². The zero-order valence-electron chi connectivity index (χ0n) is 12.5. The van der Waals surface area contributed by atoms with Crippen molar-refractivity contribution in [3.8, 4) is 0 Å². The fourth-order valence-corrected chi connectivity index (χ4v) is 2.73. The third-order valence-corrected chi connectivity index (χ3v) is 3.71. The molecule has 0 bridgehead atoms. The van der Waals surface area contributed by atoms with Crippen molar-refractivity contribution in [2.75, 3.05) is 5.32 Å². The normalized spacial score (nSPS) is 11.7. The summed E-state index contributed by atoms with van der Waals surface area (Å²) in [6.45, 7) is 5.80. The summed E-state index contributed by atoms with van der Waals surface area (Å²) in [5, 5.41) is 3.74. The summed E-state index contributed by atoms with van der Waals surface area (Å²) >= 11 is 0. The first-order chi connectivity index (χ1) is 10.9. The van der Waals surface area contributed by atoms with Gasteiger partial charge in [0.2, 0.25) is 0 Å². The summed E-state index contributed by atoms with van der Waals surface area (Å²) in [4.78, 5) is 3.22. The molecule has 2 nitrogen and oxygen atoms in total. The van der Waals surface area contributed by atoms with Crippen LogP contribution in [0.2, 0.25) is 0 Å². The summed E-state index contributed by atoms with van der Waals surface area (Å²) in [5.41, 5.74) is 2.28. The minimum atomic E-state index is -4.42. The summed E-state index contributed by atoms with van der Waals surface area (Å²) in [6.07, 6.45) is -4.42. The van der Waals surface area contributed by atoms with E-state index in [1.165, 1.54) is 12.1 Å². The van der Waals surface area contributed by atoms with Crippen LogP contribution < -0.4 is 5.32 Å². The number of rotatable bonds is 3. The fourth-order valence-electron chi connectivity index (χ4n) is 2.73. The molecule has 0 aliphatic rings. The summed E-state index contributed by atoms with van der Waals surface area (Å²) in [7, 11) is 0. The van der Waals surface area contributed by atoms with Crippen molar-refractivity contribution in [1.29, 1.82) is 0 Å². The van der Waals surface area contributed by atoms with Gasteiger partial charge in [-0.1, -0.05) is 36.9 Å². The highest BCUT2D eigenvalue weighted by Crippen LogP contribution is 2.36. The number of benzene rings is 2. The Morgan fingerprint density at radius 1 is 1.04 bits per heavy atom. The molecule has 0 unspecified atom stereocenters. The third kappa shape index (κ3) is 2.82. The highest BCUT2D eigenvalue weighted by atomic mass is 19.4. The van der Waals surface area contributed by atoms with E-state index in [1.54, 1.807) is 6.07 Å². The first-order valence-electron chi connectivity index (χ1n) is 7.08. The number of aromatic nitrogens is 1. The molecule has 0 aliphatic heterocycles. The highest BCUT2D eigenvalue weighted by Gasteiger charge is 2.33. The molecule has 0 radical (unpaired) electrons. The zero-order chi connectivity index (χ0) is 16.6. The fraction of sp³-hybridized carbons (Fsp3) is 0.111. The van der Waals surface area contributed by atoms with Gasteiger partial charge in [0.05, 0.1) is 11.3 Å². The van der Waals surface area contributed by atoms with E-state index in [4.69, 9.17) is 0 Å². The maximum Gasteiger partial charge on any atom is 0.418 e. The lowest BCUT2D eigenvalue weighted by Gasteiger charge is -2.16. The number of hydrogen-bond acceptors (Lipinski definition) is 1. The summed E-state index contributed by atoms with van der Waals surface area (Å²) in [5.74, 6) is 0. The molecule has 0 aliphatic carbocycles. The number of para-hydroxylation sites is 2. The standard InChI is InChI=1S/C18H15F3N2/c1-11-17(13-7-3-5-9-15(13)22-11)12(2)23-16-10-6-4-8-14(16)18(19,20)21/h3-10,22-23H,2H2,1H3. The maximum atomic E-state index is 13.1. The maximum absolute atomic E-state index is 13.1. The van der Waals surface area contributed by atoms with Crippen LogP contribution in [0.25, 0.3) is 16.6 Å². The SMILES string of the molecule is C=C(Nc1ccccc1C(F)(F)F)c1c(C)[nH]c2ccccc12. The number of anilines is 1. The predicted octanol–water partition coefficient (Wildman–Crippen LogP) is 5.58. The van der Waals surface area contributed by atoms with Crippen molar-refractivity contribution in [3.05, 3.63) is 71.9 Å². The van der Waals surface area contributed by atoms with Crippen molar-refractivity contribution in [1.82, 2.24) is 4.98 Å². The van der Waals surface area contributed by atoms with Crippen molar-refractivity contribution in [2.45, 2.75) is 13.1 Å². The molecule has 0 saturated carbocycles. The first kappa shape index (κ1) is 15.2. The van der Waals surface area contributed by atoms with Crippen molar-refractivity contribution in [3.63, 3.8) is 0 Å². The lowest BCUT2D eigenvalue weighted by Crippen LogP contribution is -2.10. The quantitative estimate of drug-likeness (QED) is 0.649. The van der Waals surface area contributed by atoms with Crippen LogP contribution in [0.5, 0.6) is 0 Å². The summed E-state index contributed by atoms with van der Waals surface area (Å²) in [6, 6.07) is 13.0. The van der Waals surface area contributed by atoms with E-state index in [-0.39, 0.29) is 5.69 Å². The Kier molecular flexibility index (Phi) is 3.64. The van der Waals surface area contributed by atoms with E-state index < -0.39 is 11.7 Å². The second-order valence-corrected chi connectivity index (χ2v) is 5.32. The molecule has 0 amide bonds. The van der Waals surface area contributed by atoms with Crippen LogP contribution in [0.4, 0.5) is 18.9 Å². The number of aromatic amines is 1. The van der Waals surface area contributed by atoms with E-state index in [1.807, 2.05) is 31.2 Å². The first-order valence-corrected chi connectivity index (χ1v) is 7.08. The molecule has 0 spiro atoms. The molecule has 1 heterocycles. The van der Waals surface area contributed by atoms with Gasteiger partial charge in [-0.2, -0.15) is 13.2 Å². The molecule has 0 atom stereocenters. The molecule has 118 valence electrons. The lowest BCUT2D eigenvalue weighted by atomic mass is 10.1. The van der Waals surface area contributed by atoms with Gasteiger partial charge in [0.25, 0.3) is 0 Å². The van der Waals surface area contributed by atoms with E-state index in [0.717, 1.165) is 28.2 Å². The third-order valence-electron chi connectivity index (χ3n) is 3.71. The molecule has 2 N–H and O–H groups in total. The molecule has 0 fully saturated rings. The number of alkyl halides is 3. The van der Waals surface area contributed by atoms with Gasteiger partial charge in [-0.05, 0) is 25.1 Å². The van der Waals surface area contributed by atoms with Crippen LogP contribution in [0, 0.1) is 6.92 Å². The highest BCUT2D eigenvalue weighted by molar-refractivity contribution is 5.96. The molecule has 23 heavy (non-hydrogen) atoms. The largest absolute Gasteiger partial charge is 0.418 e. The van der Waals surface area contributed by atoms with Crippen LogP contribution in [0.3, 0.4) is 0 Å². The Labute approximate surface area is 131 Å². The Morgan fingerprint density at radius 2 is 1.70 bits per heavy atom. The van der Waals surface area contributed by atoms with Gasteiger partial charge < -0.3 is 10.3 Å². The van der Waals surface area contributed by atoms with Crippen molar-refractivity contribution >= 4 is 22.3 Å². The number of H-pyrrole nitrogens is 1. The Morgan fingerprint density at radius 3 is 2.43 bits per heavy atom. The second-order valence-electron chi connectivity index (χ2n) is 5.32. The topological polar surface area (TPSA) is 27.8 Å². The molecule has 1 aromatic heterocycles. The number of fused-ring (bicyclic) bond motifs is 1. The van der Waals surface area contributed by atoms with Crippen molar-refractivity contribution < 1.29 is 13.2 Å². The monoisotopic (exact) mass is 316 g/mol. The number of hydrogen-bond donors (Lipinski definition) is 2. The lowest BCUT2D eigenvalue weighted by molar-refractivity contribution is -0.136. The molecule has 3 rings (SSSR count). The van der Waals surface area contributed by atoms with Crippen LogP contribution in [0.15, 0.2) is 55.1 Å². The van der Waals surface area contributed by atoms with Crippen LogP contribution in [-0.2, 0) is 6.18 Å². The van der Waals surface area contributed by atoms with Gasteiger partial charge in [0.15, 0.2) is 0 Å². The number of aryl methyl sites for hydroxylation is 1. The minimum Gasteiger partial charge on any atom is -0.358 e. The molecule has 5 heteroatoms. The molecule has 2 aromatic carbocycles. The van der Waals surface area contributed by atoms with Crippen molar-refractivity contribution in [2.24, 2.45) is 0 Å².